The second-order valence-corrected chi connectivity index (χ2v) is 4.35. The van der Waals surface area contributed by atoms with Crippen molar-refractivity contribution in [2.45, 2.75) is 12.5 Å². The van der Waals surface area contributed by atoms with E-state index in [9.17, 15) is 14.0 Å². The average molecular weight is 262 g/mol. The third-order valence-electron chi connectivity index (χ3n) is 3.15. The molecule has 19 heavy (non-hydrogen) atoms. The molecule has 0 saturated heterocycles. The van der Waals surface area contributed by atoms with Crippen LogP contribution in [0.1, 0.15) is 22.9 Å². The second-order valence-electron chi connectivity index (χ2n) is 4.35. The molecule has 0 saturated carbocycles. The van der Waals surface area contributed by atoms with Crippen LogP contribution in [0.2, 0.25) is 0 Å². The summed E-state index contributed by atoms with van der Waals surface area (Å²) in [5, 5.41) is 0. The molecule has 6 heteroatoms. The predicted octanol–water partition coefficient (Wildman–Crippen LogP) is 0.864. The quantitative estimate of drug-likeness (QED) is 0.800. The Morgan fingerprint density at radius 2 is 1.89 bits per heavy atom. The van der Waals surface area contributed by atoms with Gasteiger partial charge < -0.3 is 9.72 Å². The van der Waals surface area contributed by atoms with Crippen LogP contribution >= 0.6 is 0 Å². The summed E-state index contributed by atoms with van der Waals surface area (Å²) in [7, 11) is 0. The van der Waals surface area contributed by atoms with Gasteiger partial charge in [0.1, 0.15) is 11.9 Å². The maximum Gasteiger partial charge on any atom is 0.326 e. The minimum absolute atomic E-state index is 0.348. The minimum atomic E-state index is -0.568. The van der Waals surface area contributed by atoms with E-state index in [-0.39, 0.29) is 5.82 Å². The van der Waals surface area contributed by atoms with E-state index in [0.717, 1.165) is 0 Å². The van der Waals surface area contributed by atoms with Gasteiger partial charge in [0.05, 0.1) is 12.3 Å². The Kier molecular flexibility index (Phi) is 2.79. The van der Waals surface area contributed by atoms with Crippen molar-refractivity contribution in [1.82, 2.24) is 9.97 Å². The van der Waals surface area contributed by atoms with Crippen LogP contribution in [0.25, 0.3) is 0 Å². The number of nitrogens with one attached hydrogen (secondary N) is 2. The van der Waals surface area contributed by atoms with Gasteiger partial charge in [0.15, 0.2) is 0 Å². The monoisotopic (exact) mass is 262 g/mol. The number of H-pyrrole nitrogens is 2. The fourth-order valence-electron chi connectivity index (χ4n) is 2.26. The fraction of sp³-hybridized carbons (Fsp3) is 0.231. The Hall–Kier alpha value is -2.21. The standard InChI is InChI=1S/C13H11FN2O3/c14-8-3-1-7(2-4-8)11-10-9(5-6-19-11)12(17)16-13(18)15-10/h1-4,11H,5-6H2,(H2,15,16,17,18). The van der Waals surface area contributed by atoms with Gasteiger partial charge in [-0.25, -0.2) is 9.18 Å². The first-order valence-corrected chi connectivity index (χ1v) is 5.87. The molecule has 2 heterocycles. The lowest BCUT2D eigenvalue weighted by molar-refractivity contribution is 0.0654. The zero-order valence-corrected chi connectivity index (χ0v) is 9.90. The molecule has 98 valence electrons. The van der Waals surface area contributed by atoms with E-state index in [2.05, 4.69) is 9.97 Å². The molecular formula is C13H11FN2O3. The molecule has 0 spiro atoms. The summed E-state index contributed by atoms with van der Waals surface area (Å²) in [5.74, 6) is -0.348. The van der Waals surface area contributed by atoms with Gasteiger partial charge >= 0.3 is 5.69 Å². The number of rotatable bonds is 1. The van der Waals surface area contributed by atoms with Crippen molar-refractivity contribution in [3.63, 3.8) is 0 Å². The van der Waals surface area contributed by atoms with Crippen LogP contribution in [0.15, 0.2) is 33.9 Å². The zero-order valence-electron chi connectivity index (χ0n) is 9.90. The summed E-state index contributed by atoms with van der Waals surface area (Å²) in [4.78, 5) is 27.9. The van der Waals surface area contributed by atoms with Crippen LogP contribution in [-0.4, -0.2) is 16.6 Å². The summed E-state index contributed by atoms with van der Waals surface area (Å²) in [6.07, 6.45) is -0.0987. The normalized spacial score (nSPS) is 18.1. The number of ether oxygens (including phenoxy) is 1. The molecule has 5 nitrogen and oxygen atoms in total. The summed E-state index contributed by atoms with van der Waals surface area (Å²) < 4.78 is 18.5. The Morgan fingerprint density at radius 3 is 2.63 bits per heavy atom. The number of halogens is 1. The average Bonchev–Trinajstić information content (AvgIpc) is 2.39. The van der Waals surface area contributed by atoms with Crippen LogP contribution in [0.5, 0.6) is 0 Å². The number of hydrogen-bond donors (Lipinski definition) is 2. The van der Waals surface area contributed by atoms with E-state index in [1.807, 2.05) is 0 Å². The lowest BCUT2D eigenvalue weighted by atomic mass is 9.99. The SMILES string of the molecule is O=c1[nH]c2c(c(=O)[nH]1)CCOC2c1ccc(F)cc1. The van der Waals surface area contributed by atoms with Crippen molar-refractivity contribution < 1.29 is 9.13 Å². The first-order valence-electron chi connectivity index (χ1n) is 5.87. The molecule has 3 rings (SSSR count). The maximum absolute atomic E-state index is 12.9. The minimum Gasteiger partial charge on any atom is -0.367 e. The molecule has 1 aromatic heterocycles. The van der Waals surface area contributed by atoms with Gasteiger partial charge in [0, 0.05) is 12.0 Å². The number of benzene rings is 1. The van der Waals surface area contributed by atoms with Gasteiger partial charge in [-0.2, -0.15) is 0 Å². The van der Waals surface area contributed by atoms with Crippen molar-refractivity contribution in [3.8, 4) is 0 Å². The number of fused-ring (bicyclic) bond motifs is 1. The third kappa shape index (κ3) is 2.10. The van der Waals surface area contributed by atoms with Crippen LogP contribution in [0, 0.1) is 5.82 Å². The summed E-state index contributed by atoms with van der Waals surface area (Å²) in [5.41, 5.74) is 0.700. The Balaban J connectivity index is 2.15. The van der Waals surface area contributed by atoms with E-state index < -0.39 is 17.4 Å². The van der Waals surface area contributed by atoms with E-state index in [1.165, 1.54) is 12.1 Å². The van der Waals surface area contributed by atoms with Gasteiger partial charge in [0.25, 0.3) is 5.56 Å². The third-order valence-corrected chi connectivity index (χ3v) is 3.15. The number of aromatic amines is 2. The van der Waals surface area contributed by atoms with Gasteiger partial charge in [-0.1, -0.05) is 12.1 Å². The molecule has 2 aromatic rings. The van der Waals surface area contributed by atoms with Gasteiger partial charge in [-0.3, -0.25) is 9.78 Å². The number of aromatic nitrogens is 2. The molecular weight excluding hydrogens is 251 g/mol. The first-order chi connectivity index (χ1) is 9.15. The van der Waals surface area contributed by atoms with Crippen molar-refractivity contribution in [2.75, 3.05) is 6.61 Å². The predicted molar refractivity (Wildman–Crippen MR) is 65.6 cm³/mol. The molecule has 1 aromatic carbocycles. The molecule has 1 unspecified atom stereocenters. The van der Waals surface area contributed by atoms with Crippen molar-refractivity contribution in [2.24, 2.45) is 0 Å². The Labute approximate surface area is 107 Å². The zero-order chi connectivity index (χ0) is 13.4. The van der Waals surface area contributed by atoms with E-state index in [0.29, 0.717) is 29.8 Å². The lowest BCUT2D eigenvalue weighted by Gasteiger charge is -2.24. The summed E-state index contributed by atoms with van der Waals surface area (Å²) in [6.45, 7) is 0.379. The molecule has 1 aliphatic heterocycles. The van der Waals surface area contributed by atoms with Crippen molar-refractivity contribution in [3.05, 3.63) is 67.7 Å². The molecule has 0 amide bonds. The molecule has 2 N–H and O–H groups in total. The lowest BCUT2D eigenvalue weighted by Crippen LogP contribution is -2.33. The van der Waals surface area contributed by atoms with Crippen LogP contribution < -0.4 is 11.2 Å². The highest BCUT2D eigenvalue weighted by Crippen LogP contribution is 2.29. The topological polar surface area (TPSA) is 75.0 Å². The van der Waals surface area contributed by atoms with Crippen LogP contribution in [0.4, 0.5) is 4.39 Å². The molecule has 1 aliphatic rings. The molecule has 0 fully saturated rings. The van der Waals surface area contributed by atoms with E-state index in [1.54, 1.807) is 12.1 Å². The molecule has 0 aliphatic carbocycles. The summed E-state index contributed by atoms with van der Waals surface area (Å²) >= 11 is 0. The maximum atomic E-state index is 12.9. The highest BCUT2D eigenvalue weighted by molar-refractivity contribution is 5.31. The Bertz CT molecular complexity index is 718. The Morgan fingerprint density at radius 1 is 1.16 bits per heavy atom. The van der Waals surface area contributed by atoms with E-state index in [4.69, 9.17) is 4.74 Å². The number of hydrogen-bond acceptors (Lipinski definition) is 3. The second kappa shape index (κ2) is 4.47. The first kappa shape index (κ1) is 11.9. The largest absolute Gasteiger partial charge is 0.367 e. The van der Waals surface area contributed by atoms with E-state index >= 15 is 0 Å². The molecule has 0 radical (unpaired) electrons. The highest BCUT2D eigenvalue weighted by atomic mass is 19.1. The van der Waals surface area contributed by atoms with Crippen molar-refractivity contribution in [1.29, 1.82) is 0 Å². The smallest absolute Gasteiger partial charge is 0.326 e. The fourth-order valence-corrected chi connectivity index (χ4v) is 2.26. The highest BCUT2D eigenvalue weighted by Gasteiger charge is 2.25. The van der Waals surface area contributed by atoms with Crippen molar-refractivity contribution >= 4 is 0 Å². The molecule has 1 atom stereocenters. The molecule has 0 bridgehead atoms. The van der Waals surface area contributed by atoms with Gasteiger partial charge in [0.2, 0.25) is 0 Å². The van der Waals surface area contributed by atoms with Gasteiger partial charge in [-0.05, 0) is 17.7 Å². The van der Waals surface area contributed by atoms with Crippen LogP contribution in [-0.2, 0) is 11.2 Å². The van der Waals surface area contributed by atoms with Gasteiger partial charge in [-0.15, -0.1) is 0 Å². The van der Waals surface area contributed by atoms with Crippen LogP contribution in [0.3, 0.4) is 0 Å². The summed E-state index contributed by atoms with van der Waals surface area (Å²) in [6, 6.07) is 5.79.